The molecule has 0 radical (unpaired) electrons. The normalized spacial score (nSPS) is 24.9. The van der Waals surface area contributed by atoms with Gasteiger partial charge in [-0.25, -0.2) is 0 Å². The smallest absolute Gasteiger partial charge is 0.0897 e. The van der Waals surface area contributed by atoms with Crippen LogP contribution >= 0.6 is 0 Å². The third-order valence-corrected chi connectivity index (χ3v) is 4.08. The Balaban J connectivity index is 1.74. The van der Waals surface area contributed by atoms with Crippen LogP contribution in [-0.2, 0) is 11.3 Å². The van der Waals surface area contributed by atoms with Crippen molar-refractivity contribution in [2.24, 2.45) is 5.92 Å². The molecule has 1 fully saturated rings. The number of aliphatic hydroxyl groups excluding tert-OH is 1. The maximum Gasteiger partial charge on any atom is 0.0897 e. The Hall–Kier alpha value is -1.01. The average molecular weight is 293 g/mol. The lowest BCUT2D eigenvalue weighted by molar-refractivity contribution is 0.0562. The topological polar surface area (TPSA) is 57.6 Å². The molecule has 1 aliphatic rings. The summed E-state index contributed by atoms with van der Waals surface area (Å²) in [4.78, 5) is 6.85. The van der Waals surface area contributed by atoms with Gasteiger partial charge in [0.15, 0.2) is 0 Å². The molecule has 0 bridgehead atoms. The molecule has 1 saturated heterocycles. The van der Waals surface area contributed by atoms with Crippen molar-refractivity contribution in [3.63, 3.8) is 0 Å². The van der Waals surface area contributed by atoms with E-state index in [2.05, 4.69) is 28.2 Å². The van der Waals surface area contributed by atoms with Gasteiger partial charge < -0.3 is 15.2 Å². The number of nitrogens with one attached hydrogen (secondary N) is 1. The van der Waals surface area contributed by atoms with Crippen LogP contribution in [0, 0.1) is 5.92 Å². The van der Waals surface area contributed by atoms with E-state index >= 15 is 0 Å². The Bertz CT molecular complexity index is 402. The molecule has 0 spiro atoms. The second kappa shape index (κ2) is 8.44. The summed E-state index contributed by atoms with van der Waals surface area (Å²) in [5, 5.41) is 13.2. The monoisotopic (exact) mass is 293 g/mol. The van der Waals surface area contributed by atoms with Crippen LogP contribution in [0.5, 0.6) is 0 Å². The van der Waals surface area contributed by atoms with Gasteiger partial charge in [0.1, 0.15) is 0 Å². The molecule has 0 aliphatic carbocycles. The minimum Gasteiger partial charge on any atom is -0.389 e. The van der Waals surface area contributed by atoms with Crippen LogP contribution in [0.15, 0.2) is 24.4 Å². The molecule has 1 aliphatic heterocycles. The zero-order valence-electron chi connectivity index (χ0n) is 13.0. The van der Waals surface area contributed by atoms with Crippen LogP contribution in [0.25, 0.3) is 0 Å². The predicted molar refractivity (Wildman–Crippen MR) is 83.0 cm³/mol. The van der Waals surface area contributed by atoms with Crippen LogP contribution in [0.1, 0.15) is 19.0 Å². The van der Waals surface area contributed by atoms with E-state index in [0.717, 1.165) is 31.7 Å². The number of ether oxygens (including phenoxy) is 1. The summed E-state index contributed by atoms with van der Waals surface area (Å²) in [6, 6.07) is 6.54. The van der Waals surface area contributed by atoms with E-state index in [1.54, 1.807) is 7.11 Å². The third kappa shape index (κ3) is 5.36. The first-order valence-electron chi connectivity index (χ1n) is 7.71. The van der Waals surface area contributed by atoms with Gasteiger partial charge in [-0.3, -0.25) is 9.88 Å². The fourth-order valence-electron chi connectivity index (χ4n) is 2.94. The zero-order valence-corrected chi connectivity index (χ0v) is 13.0. The molecule has 2 rings (SSSR count). The Labute approximate surface area is 127 Å². The van der Waals surface area contributed by atoms with E-state index in [4.69, 9.17) is 4.74 Å². The van der Waals surface area contributed by atoms with Gasteiger partial charge in [-0.2, -0.15) is 0 Å². The molecule has 21 heavy (non-hydrogen) atoms. The number of hydrogen-bond donors (Lipinski definition) is 2. The molecular formula is C16H27N3O2. The second-order valence-electron chi connectivity index (χ2n) is 5.95. The van der Waals surface area contributed by atoms with E-state index in [1.165, 1.54) is 0 Å². The van der Waals surface area contributed by atoms with Crippen molar-refractivity contribution >= 4 is 0 Å². The molecular weight excluding hydrogens is 266 g/mol. The molecule has 5 heteroatoms. The third-order valence-electron chi connectivity index (χ3n) is 4.08. The summed E-state index contributed by atoms with van der Waals surface area (Å²) in [6.07, 6.45) is 2.53. The highest BCUT2D eigenvalue weighted by Crippen LogP contribution is 2.18. The lowest BCUT2D eigenvalue weighted by Crippen LogP contribution is -2.49. The van der Waals surface area contributed by atoms with E-state index < -0.39 is 6.10 Å². The minimum atomic E-state index is -0.422. The van der Waals surface area contributed by atoms with Gasteiger partial charge in [-0.15, -0.1) is 0 Å². The van der Waals surface area contributed by atoms with Crippen molar-refractivity contribution in [2.75, 3.05) is 33.4 Å². The average Bonchev–Trinajstić information content (AvgIpc) is 2.48. The highest BCUT2D eigenvalue weighted by Gasteiger charge is 2.26. The van der Waals surface area contributed by atoms with Crippen LogP contribution in [0.2, 0.25) is 0 Å². The Morgan fingerprint density at radius 2 is 2.38 bits per heavy atom. The predicted octanol–water partition coefficient (Wildman–Crippen LogP) is 0.889. The summed E-state index contributed by atoms with van der Waals surface area (Å²) >= 11 is 0. The van der Waals surface area contributed by atoms with Gasteiger partial charge in [0.25, 0.3) is 0 Å². The fraction of sp³-hybridized carbons (Fsp3) is 0.688. The first kappa shape index (κ1) is 16.4. The quantitative estimate of drug-likeness (QED) is 0.782. The lowest BCUT2D eigenvalue weighted by atomic mass is 9.93. The summed E-state index contributed by atoms with van der Waals surface area (Å²) in [7, 11) is 1.61. The van der Waals surface area contributed by atoms with Crippen molar-refractivity contribution in [1.29, 1.82) is 0 Å². The number of rotatable bonds is 7. The van der Waals surface area contributed by atoms with Crippen molar-refractivity contribution in [2.45, 2.75) is 32.0 Å². The second-order valence-corrected chi connectivity index (χ2v) is 5.95. The highest BCUT2D eigenvalue weighted by molar-refractivity contribution is 5.03. The lowest BCUT2D eigenvalue weighted by Gasteiger charge is -2.37. The van der Waals surface area contributed by atoms with Crippen molar-refractivity contribution in [1.82, 2.24) is 15.2 Å². The fourth-order valence-corrected chi connectivity index (χ4v) is 2.94. The number of pyridine rings is 1. The molecule has 1 aromatic rings. The van der Waals surface area contributed by atoms with Crippen LogP contribution in [0.4, 0.5) is 0 Å². The Kier molecular flexibility index (Phi) is 6.57. The van der Waals surface area contributed by atoms with Crippen molar-refractivity contribution in [3.8, 4) is 0 Å². The number of aliphatic hydroxyl groups is 1. The number of piperidine rings is 1. The van der Waals surface area contributed by atoms with Gasteiger partial charge in [0.05, 0.1) is 18.4 Å². The van der Waals surface area contributed by atoms with Crippen molar-refractivity contribution < 1.29 is 9.84 Å². The number of aromatic nitrogens is 1. The standard InChI is InChI=1S/C16H27N3O2/c1-13-10-19(11-14-5-3-4-7-17-14)8-6-16(13)18-9-15(20)12-21-2/h3-5,7,13,15-16,18,20H,6,8-12H2,1-2H3. The summed E-state index contributed by atoms with van der Waals surface area (Å²) in [6.45, 7) is 6.31. The van der Waals surface area contributed by atoms with Crippen LogP contribution in [0.3, 0.4) is 0 Å². The number of likely N-dealkylation sites (tertiary alicyclic amines) is 1. The molecule has 0 saturated carbocycles. The van der Waals surface area contributed by atoms with Crippen LogP contribution in [-0.4, -0.2) is 60.5 Å². The molecule has 118 valence electrons. The number of methoxy groups -OCH3 is 1. The first-order valence-corrected chi connectivity index (χ1v) is 7.71. The zero-order chi connectivity index (χ0) is 15.1. The number of hydrogen-bond acceptors (Lipinski definition) is 5. The molecule has 2 heterocycles. The molecule has 0 aromatic carbocycles. The molecule has 1 aromatic heterocycles. The largest absolute Gasteiger partial charge is 0.389 e. The van der Waals surface area contributed by atoms with Crippen molar-refractivity contribution in [3.05, 3.63) is 30.1 Å². The Morgan fingerprint density at radius 3 is 3.05 bits per heavy atom. The van der Waals surface area contributed by atoms with E-state index in [-0.39, 0.29) is 0 Å². The van der Waals surface area contributed by atoms with E-state index in [0.29, 0.717) is 25.1 Å². The SMILES string of the molecule is COCC(O)CNC1CCN(Cc2ccccn2)CC1C. The van der Waals surface area contributed by atoms with Gasteiger partial charge in [0.2, 0.25) is 0 Å². The first-order chi connectivity index (χ1) is 10.2. The highest BCUT2D eigenvalue weighted by atomic mass is 16.5. The minimum absolute atomic E-state index is 0.389. The van der Waals surface area contributed by atoms with Gasteiger partial charge in [-0.1, -0.05) is 13.0 Å². The Morgan fingerprint density at radius 1 is 1.52 bits per heavy atom. The van der Waals surface area contributed by atoms with Gasteiger partial charge >= 0.3 is 0 Å². The summed E-state index contributed by atoms with van der Waals surface area (Å²) < 4.78 is 4.95. The molecule has 3 atom stereocenters. The molecule has 5 nitrogen and oxygen atoms in total. The summed E-state index contributed by atoms with van der Waals surface area (Å²) in [5.74, 6) is 0.567. The summed E-state index contributed by atoms with van der Waals surface area (Å²) in [5.41, 5.74) is 1.13. The number of nitrogens with zero attached hydrogens (tertiary/aromatic N) is 2. The maximum atomic E-state index is 9.71. The molecule has 3 unspecified atom stereocenters. The maximum absolute atomic E-state index is 9.71. The molecule has 2 N–H and O–H groups in total. The van der Waals surface area contributed by atoms with E-state index in [1.807, 2.05) is 18.3 Å². The van der Waals surface area contributed by atoms with Crippen LogP contribution < -0.4 is 5.32 Å². The van der Waals surface area contributed by atoms with Gasteiger partial charge in [-0.05, 0) is 24.5 Å². The van der Waals surface area contributed by atoms with Gasteiger partial charge in [0, 0.05) is 45.5 Å². The molecule has 0 amide bonds. The van der Waals surface area contributed by atoms with E-state index in [9.17, 15) is 5.11 Å².